The summed E-state index contributed by atoms with van der Waals surface area (Å²) in [5.74, 6) is -2.30. The molecule has 2 saturated heterocycles. The first-order valence-corrected chi connectivity index (χ1v) is 9.12. The first-order chi connectivity index (χ1) is 12.8. The van der Waals surface area contributed by atoms with Crippen molar-refractivity contribution in [3.63, 3.8) is 0 Å². The lowest BCUT2D eigenvalue weighted by Crippen LogP contribution is -2.63. The van der Waals surface area contributed by atoms with Gasteiger partial charge in [-0.2, -0.15) is 13.2 Å². The van der Waals surface area contributed by atoms with Gasteiger partial charge in [0.25, 0.3) is 0 Å². The highest BCUT2D eigenvalue weighted by Gasteiger charge is 2.53. The Morgan fingerprint density at radius 1 is 1.22 bits per heavy atom. The molecular formula is C18H23F3N4O2. The quantitative estimate of drug-likeness (QED) is 0.822. The molecule has 4 rings (SSSR count). The van der Waals surface area contributed by atoms with E-state index in [2.05, 4.69) is 22.8 Å². The molecule has 1 amide bonds. The van der Waals surface area contributed by atoms with Crippen molar-refractivity contribution >= 4 is 5.91 Å². The molecule has 27 heavy (non-hydrogen) atoms. The van der Waals surface area contributed by atoms with E-state index in [0.29, 0.717) is 13.1 Å². The Morgan fingerprint density at radius 2 is 2.00 bits per heavy atom. The maximum atomic E-state index is 13.4. The minimum Gasteiger partial charge on any atom is -0.489 e. The predicted octanol–water partition coefficient (Wildman–Crippen LogP) is 1.27. The Balaban J connectivity index is 1.47. The average Bonchev–Trinajstić information content (AvgIpc) is 3.19. The first kappa shape index (κ1) is 18.5. The lowest BCUT2D eigenvalue weighted by molar-refractivity contribution is -0.201. The number of nitrogens with zero attached hydrogens (tertiary/aromatic N) is 2. The molecule has 3 aliphatic rings. The molecular weight excluding hydrogens is 361 g/mol. The van der Waals surface area contributed by atoms with Crippen LogP contribution in [0.1, 0.15) is 17.5 Å². The number of nitrogens with one attached hydrogen (secondary N) is 2. The summed E-state index contributed by atoms with van der Waals surface area (Å²) in [4.78, 5) is 15.7. The normalized spacial score (nSPS) is 29.6. The number of alkyl halides is 3. The van der Waals surface area contributed by atoms with Crippen LogP contribution in [0.5, 0.6) is 5.75 Å². The van der Waals surface area contributed by atoms with E-state index in [9.17, 15) is 18.0 Å². The van der Waals surface area contributed by atoms with E-state index in [4.69, 9.17) is 4.74 Å². The summed E-state index contributed by atoms with van der Waals surface area (Å²) in [6.07, 6.45) is -3.46. The number of hydrogen-bond donors (Lipinski definition) is 2. The van der Waals surface area contributed by atoms with E-state index in [-0.39, 0.29) is 12.6 Å². The maximum absolute atomic E-state index is 13.4. The Labute approximate surface area is 155 Å². The minimum atomic E-state index is -4.58. The van der Waals surface area contributed by atoms with Crippen LogP contribution >= 0.6 is 0 Å². The van der Waals surface area contributed by atoms with Gasteiger partial charge in [-0.3, -0.25) is 15.1 Å². The second-order valence-electron chi connectivity index (χ2n) is 7.58. The molecule has 1 aromatic carbocycles. The van der Waals surface area contributed by atoms with Gasteiger partial charge >= 0.3 is 6.18 Å². The topological polar surface area (TPSA) is 56.8 Å². The van der Waals surface area contributed by atoms with E-state index in [1.165, 1.54) is 0 Å². The summed E-state index contributed by atoms with van der Waals surface area (Å²) in [5, 5.41) is 0. The van der Waals surface area contributed by atoms with E-state index in [0.717, 1.165) is 36.4 Å². The van der Waals surface area contributed by atoms with Gasteiger partial charge in [0.15, 0.2) is 5.92 Å². The Bertz CT molecular complexity index is 727. The summed E-state index contributed by atoms with van der Waals surface area (Å²) >= 11 is 0. The Hall–Kier alpha value is -1.84. The first-order valence-electron chi connectivity index (χ1n) is 9.12. The number of amides is 1. The van der Waals surface area contributed by atoms with Crippen LogP contribution in [0.2, 0.25) is 0 Å². The summed E-state index contributed by atoms with van der Waals surface area (Å²) in [7, 11) is 2.05. The standard InChI is InChI=1S/C18H23F3N4O2/c1-24-5-4-14(10-24)27-13-3-2-11-8-25(9-12(11)6-13)15-7-22-23-17(26)16(15)18(19,20)21/h2-3,6,14-16,22H,4-5,7-10H2,1H3,(H,23,26). The summed E-state index contributed by atoms with van der Waals surface area (Å²) in [6, 6.07) is 4.79. The van der Waals surface area contributed by atoms with Crippen LogP contribution in [-0.4, -0.2) is 60.7 Å². The van der Waals surface area contributed by atoms with Gasteiger partial charge in [0.2, 0.25) is 5.91 Å². The van der Waals surface area contributed by atoms with Gasteiger partial charge in [-0.15, -0.1) is 0 Å². The van der Waals surface area contributed by atoms with Crippen molar-refractivity contribution in [3.05, 3.63) is 29.3 Å². The molecule has 9 heteroatoms. The van der Waals surface area contributed by atoms with E-state index in [1.54, 1.807) is 4.90 Å². The molecule has 0 aromatic heterocycles. The van der Waals surface area contributed by atoms with Crippen LogP contribution in [-0.2, 0) is 17.9 Å². The number of carbonyl (C=O) groups is 1. The molecule has 3 aliphatic heterocycles. The number of carbonyl (C=O) groups excluding carboxylic acids is 1. The molecule has 0 aliphatic carbocycles. The molecule has 0 radical (unpaired) electrons. The molecule has 6 nitrogen and oxygen atoms in total. The van der Waals surface area contributed by atoms with Gasteiger partial charge in [-0.05, 0) is 36.7 Å². The SMILES string of the molecule is CN1CCC(Oc2ccc3c(c2)CN(C2CNNC(=O)C2C(F)(F)F)C3)C1. The van der Waals surface area contributed by atoms with Crippen molar-refractivity contribution in [2.75, 3.05) is 26.7 Å². The molecule has 2 N–H and O–H groups in total. The minimum absolute atomic E-state index is 0.0572. The number of ether oxygens (including phenoxy) is 1. The average molecular weight is 384 g/mol. The van der Waals surface area contributed by atoms with Crippen molar-refractivity contribution < 1.29 is 22.7 Å². The van der Waals surface area contributed by atoms with E-state index in [1.807, 2.05) is 18.2 Å². The van der Waals surface area contributed by atoms with Gasteiger partial charge < -0.3 is 9.64 Å². The Morgan fingerprint density at radius 3 is 2.70 bits per heavy atom. The van der Waals surface area contributed by atoms with Crippen LogP contribution in [0.25, 0.3) is 0 Å². The van der Waals surface area contributed by atoms with Crippen molar-refractivity contribution in [1.29, 1.82) is 0 Å². The molecule has 3 atom stereocenters. The molecule has 2 fully saturated rings. The van der Waals surface area contributed by atoms with E-state index >= 15 is 0 Å². The lowest BCUT2D eigenvalue weighted by atomic mass is 9.95. The second kappa shape index (κ2) is 6.96. The zero-order valence-electron chi connectivity index (χ0n) is 15.1. The number of rotatable bonds is 3. The summed E-state index contributed by atoms with van der Waals surface area (Å²) in [6.45, 7) is 2.71. The van der Waals surface area contributed by atoms with Gasteiger partial charge in [0.05, 0.1) is 0 Å². The lowest BCUT2D eigenvalue weighted by Gasteiger charge is -2.38. The van der Waals surface area contributed by atoms with E-state index < -0.39 is 24.0 Å². The molecule has 0 spiro atoms. The van der Waals surface area contributed by atoms with Crippen LogP contribution in [0.4, 0.5) is 13.2 Å². The Kier molecular flexibility index (Phi) is 4.77. The summed E-state index contributed by atoms with van der Waals surface area (Å²) in [5.41, 5.74) is 6.64. The maximum Gasteiger partial charge on any atom is 0.402 e. The van der Waals surface area contributed by atoms with Crippen molar-refractivity contribution in [3.8, 4) is 5.75 Å². The van der Waals surface area contributed by atoms with Crippen LogP contribution in [0.15, 0.2) is 18.2 Å². The largest absolute Gasteiger partial charge is 0.489 e. The van der Waals surface area contributed by atoms with Gasteiger partial charge in [0, 0.05) is 38.8 Å². The molecule has 148 valence electrons. The van der Waals surface area contributed by atoms with Crippen LogP contribution < -0.4 is 15.6 Å². The number of hydrazine groups is 1. The zero-order valence-corrected chi connectivity index (χ0v) is 15.1. The van der Waals surface area contributed by atoms with Crippen molar-refractivity contribution in [2.45, 2.75) is 37.8 Å². The highest BCUT2D eigenvalue weighted by molar-refractivity contribution is 5.80. The molecule has 0 saturated carbocycles. The third-order valence-electron chi connectivity index (χ3n) is 5.59. The predicted molar refractivity (Wildman–Crippen MR) is 91.7 cm³/mol. The monoisotopic (exact) mass is 384 g/mol. The number of halogens is 3. The number of likely N-dealkylation sites (tertiary alicyclic amines) is 1. The smallest absolute Gasteiger partial charge is 0.402 e. The van der Waals surface area contributed by atoms with Gasteiger partial charge in [-0.25, -0.2) is 5.43 Å². The van der Waals surface area contributed by atoms with Crippen LogP contribution in [0.3, 0.4) is 0 Å². The fourth-order valence-corrected chi connectivity index (χ4v) is 4.21. The molecule has 0 bridgehead atoms. The highest BCUT2D eigenvalue weighted by atomic mass is 19.4. The van der Waals surface area contributed by atoms with Gasteiger partial charge in [0.1, 0.15) is 11.9 Å². The third kappa shape index (κ3) is 3.76. The number of benzene rings is 1. The second-order valence-corrected chi connectivity index (χ2v) is 7.58. The van der Waals surface area contributed by atoms with Gasteiger partial charge in [-0.1, -0.05) is 6.07 Å². The molecule has 3 unspecified atom stereocenters. The van der Waals surface area contributed by atoms with Crippen molar-refractivity contribution in [1.82, 2.24) is 20.7 Å². The fourth-order valence-electron chi connectivity index (χ4n) is 4.21. The molecule has 1 aromatic rings. The number of likely N-dealkylation sites (N-methyl/N-ethyl adjacent to an activating group) is 1. The fraction of sp³-hybridized carbons (Fsp3) is 0.611. The number of hydrogen-bond acceptors (Lipinski definition) is 5. The molecule has 3 heterocycles. The summed E-state index contributed by atoms with van der Waals surface area (Å²) < 4.78 is 46.3. The highest BCUT2D eigenvalue weighted by Crippen LogP contribution is 2.36. The third-order valence-corrected chi connectivity index (χ3v) is 5.59. The zero-order chi connectivity index (χ0) is 19.2. The van der Waals surface area contributed by atoms with Crippen LogP contribution in [0, 0.1) is 5.92 Å². The number of fused-ring (bicyclic) bond motifs is 1. The van der Waals surface area contributed by atoms with Crippen molar-refractivity contribution in [2.24, 2.45) is 5.92 Å².